The summed E-state index contributed by atoms with van der Waals surface area (Å²) in [4.78, 5) is 25.4. The van der Waals surface area contributed by atoms with Gasteiger partial charge in [0, 0.05) is 18.9 Å². The van der Waals surface area contributed by atoms with Crippen molar-refractivity contribution in [3.8, 4) is 5.75 Å². The van der Waals surface area contributed by atoms with Crippen LogP contribution in [0.5, 0.6) is 5.75 Å². The second-order valence-corrected chi connectivity index (χ2v) is 7.46. The summed E-state index contributed by atoms with van der Waals surface area (Å²) < 4.78 is 50.3. The van der Waals surface area contributed by atoms with Crippen molar-refractivity contribution in [1.82, 2.24) is 5.32 Å². The summed E-state index contributed by atoms with van der Waals surface area (Å²) in [7, 11) is 0. The molecule has 6 nitrogen and oxygen atoms in total. The monoisotopic (exact) mass is 450 g/mol. The summed E-state index contributed by atoms with van der Waals surface area (Å²) in [5, 5.41) is 5.26. The number of nitrogens with one attached hydrogen (secondary N) is 2. The first-order valence-corrected chi connectivity index (χ1v) is 10.3. The summed E-state index contributed by atoms with van der Waals surface area (Å²) in [5.41, 5.74) is -1.22. The Bertz CT molecular complexity index is 939. The van der Waals surface area contributed by atoms with Crippen LogP contribution in [0.15, 0.2) is 48.5 Å². The topological polar surface area (TPSA) is 76.7 Å². The standard InChI is InChI=1S/C23H25F3N2O4/c1-2-32-19-8-6-18(7-9-19)28-20(29)15-27-21(30)22(10-12-31-13-11-22)16-4-3-5-17(14-16)23(24,25)26/h3-9,14H,2,10-13,15H2,1H3,(H,27,30)(H,28,29). The summed E-state index contributed by atoms with van der Waals surface area (Å²) >= 11 is 0. The van der Waals surface area contributed by atoms with Gasteiger partial charge in [0.1, 0.15) is 5.75 Å². The number of amides is 2. The van der Waals surface area contributed by atoms with Crippen molar-refractivity contribution in [3.05, 3.63) is 59.7 Å². The van der Waals surface area contributed by atoms with Gasteiger partial charge in [-0.1, -0.05) is 18.2 Å². The third kappa shape index (κ3) is 5.59. The van der Waals surface area contributed by atoms with Crippen molar-refractivity contribution >= 4 is 17.5 Å². The molecule has 2 aromatic carbocycles. The number of benzene rings is 2. The van der Waals surface area contributed by atoms with Crippen molar-refractivity contribution in [1.29, 1.82) is 0 Å². The lowest BCUT2D eigenvalue weighted by atomic mass is 9.73. The van der Waals surface area contributed by atoms with E-state index < -0.39 is 29.0 Å². The van der Waals surface area contributed by atoms with Crippen LogP contribution in [0, 0.1) is 0 Å². The van der Waals surface area contributed by atoms with E-state index in [1.54, 1.807) is 24.3 Å². The fourth-order valence-electron chi connectivity index (χ4n) is 3.70. The molecule has 1 aliphatic heterocycles. The third-order valence-corrected chi connectivity index (χ3v) is 5.38. The minimum atomic E-state index is -4.52. The molecule has 1 fully saturated rings. The van der Waals surface area contributed by atoms with Gasteiger partial charge in [-0.25, -0.2) is 0 Å². The lowest BCUT2D eigenvalue weighted by molar-refractivity contribution is -0.138. The molecule has 1 saturated heterocycles. The van der Waals surface area contributed by atoms with Crippen LogP contribution in [0.25, 0.3) is 0 Å². The highest BCUT2D eigenvalue weighted by atomic mass is 19.4. The molecule has 0 radical (unpaired) electrons. The van der Waals surface area contributed by atoms with E-state index in [1.807, 2.05) is 6.92 Å². The Balaban J connectivity index is 1.69. The van der Waals surface area contributed by atoms with Crippen molar-refractivity contribution in [2.24, 2.45) is 0 Å². The van der Waals surface area contributed by atoms with E-state index >= 15 is 0 Å². The molecule has 1 heterocycles. The zero-order valence-corrected chi connectivity index (χ0v) is 17.6. The number of hydrogen-bond acceptors (Lipinski definition) is 4. The minimum absolute atomic E-state index is 0.223. The molecule has 2 N–H and O–H groups in total. The first-order chi connectivity index (χ1) is 15.2. The van der Waals surface area contributed by atoms with Crippen molar-refractivity contribution in [2.45, 2.75) is 31.4 Å². The Kier molecular flexibility index (Phi) is 7.40. The number of carbonyl (C=O) groups excluding carboxylic acids is 2. The average Bonchev–Trinajstić information content (AvgIpc) is 2.79. The molecule has 172 valence electrons. The number of rotatable bonds is 7. The van der Waals surface area contributed by atoms with Crippen LogP contribution in [0.3, 0.4) is 0 Å². The van der Waals surface area contributed by atoms with Gasteiger partial charge in [0.25, 0.3) is 0 Å². The van der Waals surface area contributed by atoms with E-state index in [0.29, 0.717) is 18.0 Å². The molecule has 3 rings (SSSR count). The van der Waals surface area contributed by atoms with E-state index in [9.17, 15) is 22.8 Å². The van der Waals surface area contributed by atoms with Gasteiger partial charge >= 0.3 is 6.18 Å². The SMILES string of the molecule is CCOc1ccc(NC(=O)CNC(=O)C2(c3cccc(C(F)(F)F)c3)CCOCC2)cc1. The number of ether oxygens (including phenoxy) is 2. The Morgan fingerprint density at radius 1 is 1.09 bits per heavy atom. The largest absolute Gasteiger partial charge is 0.494 e. The second-order valence-electron chi connectivity index (χ2n) is 7.46. The van der Waals surface area contributed by atoms with Crippen LogP contribution in [0.1, 0.15) is 30.9 Å². The van der Waals surface area contributed by atoms with E-state index in [1.165, 1.54) is 12.1 Å². The molecule has 2 amide bonds. The molecular formula is C23H25F3N2O4. The number of hydrogen-bond donors (Lipinski definition) is 2. The second kappa shape index (κ2) is 10.0. The zero-order valence-electron chi connectivity index (χ0n) is 17.6. The highest BCUT2D eigenvalue weighted by molar-refractivity contribution is 5.96. The molecule has 0 aromatic heterocycles. The molecular weight excluding hydrogens is 425 g/mol. The Morgan fingerprint density at radius 3 is 2.41 bits per heavy atom. The summed E-state index contributed by atoms with van der Waals surface area (Å²) in [6.45, 7) is 2.55. The maximum Gasteiger partial charge on any atom is 0.416 e. The van der Waals surface area contributed by atoms with Gasteiger partial charge in [-0.15, -0.1) is 0 Å². The lowest BCUT2D eigenvalue weighted by Gasteiger charge is -2.36. The predicted molar refractivity (Wildman–Crippen MR) is 112 cm³/mol. The van der Waals surface area contributed by atoms with Crippen LogP contribution >= 0.6 is 0 Å². The zero-order chi connectivity index (χ0) is 23.2. The van der Waals surface area contributed by atoms with Gasteiger partial charge in [-0.05, 0) is 55.7 Å². The molecule has 0 spiro atoms. The fourth-order valence-corrected chi connectivity index (χ4v) is 3.70. The third-order valence-electron chi connectivity index (χ3n) is 5.38. The van der Waals surface area contributed by atoms with Crippen molar-refractivity contribution in [3.63, 3.8) is 0 Å². The maximum atomic E-state index is 13.2. The normalized spacial score (nSPS) is 15.6. The molecule has 32 heavy (non-hydrogen) atoms. The van der Waals surface area contributed by atoms with Crippen LogP contribution < -0.4 is 15.4 Å². The van der Waals surface area contributed by atoms with Crippen molar-refractivity contribution in [2.75, 3.05) is 31.7 Å². The summed E-state index contributed by atoms with van der Waals surface area (Å²) in [6, 6.07) is 11.6. The molecule has 1 aliphatic rings. The molecule has 9 heteroatoms. The van der Waals surface area contributed by atoms with Gasteiger partial charge in [-0.3, -0.25) is 9.59 Å². The predicted octanol–water partition coefficient (Wildman–Crippen LogP) is 3.91. The number of halogens is 3. The molecule has 0 unspecified atom stereocenters. The quantitative estimate of drug-likeness (QED) is 0.671. The number of alkyl halides is 3. The van der Waals surface area contributed by atoms with Gasteiger partial charge in [0.15, 0.2) is 0 Å². The summed E-state index contributed by atoms with van der Waals surface area (Å²) in [5.74, 6) is -0.280. The minimum Gasteiger partial charge on any atom is -0.494 e. The molecule has 0 bridgehead atoms. The van der Waals surface area contributed by atoms with Crippen LogP contribution in [0.4, 0.5) is 18.9 Å². The first kappa shape index (κ1) is 23.6. The van der Waals surface area contributed by atoms with Gasteiger partial charge in [0.05, 0.1) is 24.1 Å². The Morgan fingerprint density at radius 2 is 1.78 bits per heavy atom. The van der Waals surface area contributed by atoms with Crippen LogP contribution in [-0.4, -0.2) is 38.2 Å². The summed E-state index contributed by atoms with van der Waals surface area (Å²) in [6.07, 6.45) is -4.07. The first-order valence-electron chi connectivity index (χ1n) is 10.3. The number of anilines is 1. The molecule has 2 aromatic rings. The Labute approximate surface area is 184 Å². The lowest BCUT2D eigenvalue weighted by Crippen LogP contribution is -2.49. The van der Waals surface area contributed by atoms with Gasteiger partial charge in [0.2, 0.25) is 11.8 Å². The fraction of sp³-hybridized carbons (Fsp3) is 0.391. The van der Waals surface area contributed by atoms with E-state index in [4.69, 9.17) is 9.47 Å². The van der Waals surface area contributed by atoms with Crippen molar-refractivity contribution < 1.29 is 32.2 Å². The highest BCUT2D eigenvalue weighted by Crippen LogP contribution is 2.38. The molecule has 0 saturated carbocycles. The molecule has 0 aliphatic carbocycles. The average molecular weight is 450 g/mol. The number of carbonyl (C=O) groups is 2. The smallest absolute Gasteiger partial charge is 0.416 e. The maximum absolute atomic E-state index is 13.2. The van der Waals surface area contributed by atoms with Crippen LogP contribution in [0.2, 0.25) is 0 Å². The van der Waals surface area contributed by atoms with E-state index in [-0.39, 0.29) is 38.2 Å². The van der Waals surface area contributed by atoms with E-state index in [0.717, 1.165) is 12.1 Å². The van der Waals surface area contributed by atoms with Crippen LogP contribution in [-0.2, 0) is 25.9 Å². The van der Waals surface area contributed by atoms with Gasteiger partial charge in [-0.2, -0.15) is 13.2 Å². The molecule has 0 atom stereocenters. The Hall–Kier alpha value is -3.07. The highest BCUT2D eigenvalue weighted by Gasteiger charge is 2.43. The van der Waals surface area contributed by atoms with E-state index in [2.05, 4.69) is 10.6 Å². The van der Waals surface area contributed by atoms with Gasteiger partial charge < -0.3 is 20.1 Å².